The Labute approximate surface area is 128 Å². The highest BCUT2D eigenvalue weighted by Gasteiger charge is 2.26. The number of methoxy groups -OCH3 is 1. The Bertz CT molecular complexity index is 526. The van der Waals surface area contributed by atoms with E-state index in [0.29, 0.717) is 12.5 Å². The van der Waals surface area contributed by atoms with Gasteiger partial charge in [-0.3, -0.25) is 4.79 Å². The van der Waals surface area contributed by atoms with E-state index in [-0.39, 0.29) is 23.1 Å². The van der Waals surface area contributed by atoms with Crippen molar-refractivity contribution in [1.82, 2.24) is 10.6 Å². The van der Waals surface area contributed by atoms with E-state index in [9.17, 15) is 13.6 Å². The molecule has 1 aliphatic rings. The second-order valence-corrected chi connectivity index (χ2v) is 5.27. The van der Waals surface area contributed by atoms with E-state index >= 15 is 0 Å². The first kappa shape index (κ1) is 16.5. The van der Waals surface area contributed by atoms with Crippen LogP contribution in [0.15, 0.2) is 18.2 Å². The second kappa shape index (κ2) is 7.40. The van der Waals surface area contributed by atoms with Crippen molar-refractivity contribution in [3.8, 4) is 11.5 Å². The van der Waals surface area contributed by atoms with Gasteiger partial charge in [0.25, 0.3) is 5.91 Å². The summed E-state index contributed by atoms with van der Waals surface area (Å²) in [6, 6.07) is 4.43. The van der Waals surface area contributed by atoms with Crippen LogP contribution in [-0.2, 0) is 0 Å². The summed E-state index contributed by atoms with van der Waals surface area (Å²) in [5.41, 5.74) is 0.0393. The molecule has 1 heterocycles. The molecule has 1 fully saturated rings. The lowest BCUT2D eigenvalue weighted by Gasteiger charge is -2.30. The van der Waals surface area contributed by atoms with Gasteiger partial charge in [-0.2, -0.15) is 8.78 Å². The van der Waals surface area contributed by atoms with E-state index in [1.54, 1.807) is 6.07 Å². The van der Waals surface area contributed by atoms with E-state index in [1.807, 2.05) is 6.92 Å². The predicted molar refractivity (Wildman–Crippen MR) is 77.5 cm³/mol. The number of halogens is 2. The second-order valence-electron chi connectivity index (χ2n) is 5.27. The topological polar surface area (TPSA) is 59.6 Å². The molecular formula is C15H20F2N2O3. The van der Waals surface area contributed by atoms with Crippen LogP contribution in [0, 0.1) is 5.92 Å². The lowest BCUT2D eigenvalue weighted by molar-refractivity contribution is -0.0515. The third kappa shape index (κ3) is 3.85. The quantitative estimate of drug-likeness (QED) is 0.873. The maximum absolute atomic E-state index is 12.6. The summed E-state index contributed by atoms with van der Waals surface area (Å²) >= 11 is 0. The van der Waals surface area contributed by atoms with E-state index in [0.717, 1.165) is 13.0 Å². The zero-order valence-electron chi connectivity index (χ0n) is 12.6. The molecule has 1 aromatic carbocycles. The molecule has 122 valence electrons. The highest BCUT2D eigenvalue weighted by molar-refractivity contribution is 5.98. The number of carbonyl (C=O) groups excluding carboxylic acids is 1. The number of hydrogen-bond donors (Lipinski definition) is 2. The van der Waals surface area contributed by atoms with Gasteiger partial charge in [0.05, 0.1) is 12.7 Å². The normalized spacial score (nSPS) is 21.5. The van der Waals surface area contributed by atoms with Crippen LogP contribution in [0.1, 0.15) is 23.7 Å². The fourth-order valence-electron chi connectivity index (χ4n) is 2.50. The molecule has 2 N–H and O–H groups in total. The molecule has 0 bridgehead atoms. The summed E-state index contributed by atoms with van der Waals surface area (Å²) < 4.78 is 34.6. The van der Waals surface area contributed by atoms with Crippen molar-refractivity contribution in [2.45, 2.75) is 26.0 Å². The Morgan fingerprint density at radius 2 is 2.23 bits per heavy atom. The molecule has 1 aliphatic heterocycles. The standard InChI is InChI=1S/C15H20F2N2O3/c1-9-6-7-18-8-11(9)19-14(20)10-4-3-5-12(21-2)13(10)22-15(16)17/h3-5,9,11,15,18H,6-8H2,1-2H3,(H,19,20). The highest BCUT2D eigenvalue weighted by Crippen LogP contribution is 2.32. The van der Waals surface area contributed by atoms with E-state index in [1.165, 1.54) is 19.2 Å². The first-order chi connectivity index (χ1) is 10.5. The Balaban J connectivity index is 2.21. The van der Waals surface area contributed by atoms with Crippen LogP contribution in [0.3, 0.4) is 0 Å². The number of ether oxygens (including phenoxy) is 2. The van der Waals surface area contributed by atoms with Gasteiger partial charge in [-0.25, -0.2) is 0 Å². The Morgan fingerprint density at radius 3 is 2.86 bits per heavy atom. The maximum Gasteiger partial charge on any atom is 0.387 e. The summed E-state index contributed by atoms with van der Waals surface area (Å²) in [6.07, 6.45) is 0.948. The minimum absolute atomic E-state index is 0.0393. The first-order valence-corrected chi connectivity index (χ1v) is 7.16. The van der Waals surface area contributed by atoms with Crippen LogP contribution in [-0.4, -0.2) is 38.8 Å². The lowest BCUT2D eigenvalue weighted by Crippen LogP contribution is -2.50. The minimum Gasteiger partial charge on any atom is -0.493 e. The molecule has 0 aromatic heterocycles. The van der Waals surface area contributed by atoms with Crippen LogP contribution < -0.4 is 20.1 Å². The van der Waals surface area contributed by atoms with Gasteiger partial charge in [-0.15, -0.1) is 0 Å². The molecule has 0 spiro atoms. The predicted octanol–water partition coefficient (Wildman–Crippen LogP) is 2.02. The Kier molecular flexibility index (Phi) is 5.54. The maximum atomic E-state index is 12.6. The third-order valence-corrected chi connectivity index (χ3v) is 3.79. The van der Waals surface area contributed by atoms with Gasteiger partial charge in [-0.1, -0.05) is 13.0 Å². The van der Waals surface area contributed by atoms with Crippen molar-refractivity contribution in [2.75, 3.05) is 20.2 Å². The van der Waals surface area contributed by atoms with Crippen LogP contribution in [0.4, 0.5) is 8.78 Å². The Hall–Kier alpha value is -1.89. The van der Waals surface area contributed by atoms with Gasteiger partial charge in [0.15, 0.2) is 11.5 Å². The van der Waals surface area contributed by atoms with Crippen molar-refractivity contribution >= 4 is 5.91 Å². The zero-order valence-corrected chi connectivity index (χ0v) is 12.6. The average molecular weight is 314 g/mol. The third-order valence-electron chi connectivity index (χ3n) is 3.79. The molecule has 2 unspecified atom stereocenters. The summed E-state index contributed by atoms with van der Waals surface area (Å²) in [4.78, 5) is 12.4. The molecule has 0 saturated carbocycles. The summed E-state index contributed by atoms with van der Waals surface area (Å²) in [5.74, 6) is -0.276. The van der Waals surface area contributed by atoms with Crippen molar-refractivity contribution < 1.29 is 23.0 Å². The fourth-order valence-corrected chi connectivity index (χ4v) is 2.50. The van der Waals surface area contributed by atoms with Crippen molar-refractivity contribution in [1.29, 1.82) is 0 Å². The molecule has 1 amide bonds. The van der Waals surface area contributed by atoms with Crippen LogP contribution in [0.2, 0.25) is 0 Å². The lowest BCUT2D eigenvalue weighted by atomic mass is 9.94. The van der Waals surface area contributed by atoms with E-state index < -0.39 is 12.5 Å². The molecule has 2 rings (SSSR count). The van der Waals surface area contributed by atoms with Gasteiger partial charge in [0.2, 0.25) is 0 Å². The van der Waals surface area contributed by atoms with Crippen LogP contribution in [0.25, 0.3) is 0 Å². The molecular weight excluding hydrogens is 294 g/mol. The number of hydrogen-bond acceptors (Lipinski definition) is 4. The van der Waals surface area contributed by atoms with Gasteiger partial charge < -0.3 is 20.1 Å². The first-order valence-electron chi connectivity index (χ1n) is 7.16. The van der Waals surface area contributed by atoms with Gasteiger partial charge in [0, 0.05) is 12.6 Å². The number of benzene rings is 1. The monoisotopic (exact) mass is 314 g/mol. The van der Waals surface area contributed by atoms with Crippen molar-refractivity contribution in [3.05, 3.63) is 23.8 Å². The molecule has 0 aliphatic carbocycles. The number of para-hydroxylation sites is 1. The largest absolute Gasteiger partial charge is 0.493 e. The molecule has 1 saturated heterocycles. The number of alkyl halides is 2. The highest BCUT2D eigenvalue weighted by atomic mass is 19.3. The number of rotatable bonds is 5. The Morgan fingerprint density at radius 1 is 1.45 bits per heavy atom. The number of nitrogens with one attached hydrogen (secondary N) is 2. The summed E-state index contributed by atoms with van der Waals surface area (Å²) in [6.45, 7) is 0.584. The molecule has 0 radical (unpaired) electrons. The van der Waals surface area contributed by atoms with Crippen LogP contribution >= 0.6 is 0 Å². The van der Waals surface area contributed by atoms with E-state index in [2.05, 4.69) is 15.4 Å². The van der Waals surface area contributed by atoms with Gasteiger partial charge >= 0.3 is 6.61 Å². The average Bonchev–Trinajstić information content (AvgIpc) is 2.49. The molecule has 7 heteroatoms. The van der Waals surface area contributed by atoms with Crippen molar-refractivity contribution in [3.63, 3.8) is 0 Å². The summed E-state index contributed by atoms with van der Waals surface area (Å²) in [5, 5.41) is 6.07. The molecule has 5 nitrogen and oxygen atoms in total. The SMILES string of the molecule is COc1cccc(C(=O)NC2CNCCC2C)c1OC(F)F. The zero-order chi connectivity index (χ0) is 16.1. The van der Waals surface area contributed by atoms with Crippen molar-refractivity contribution in [2.24, 2.45) is 5.92 Å². The van der Waals surface area contributed by atoms with E-state index in [4.69, 9.17) is 4.74 Å². The smallest absolute Gasteiger partial charge is 0.387 e. The molecule has 22 heavy (non-hydrogen) atoms. The van der Waals surface area contributed by atoms with Gasteiger partial charge in [-0.05, 0) is 31.0 Å². The molecule has 1 aromatic rings. The minimum atomic E-state index is -3.03. The molecule has 2 atom stereocenters. The number of amides is 1. The van der Waals surface area contributed by atoms with Crippen LogP contribution in [0.5, 0.6) is 11.5 Å². The summed E-state index contributed by atoms with van der Waals surface area (Å²) in [7, 11) is 1.34. The van der Waals surface area contributed by atoms with Gasteiger partial charge in [0.1, 0.15) is 0 Å². The fraction of sp³-hybridized carbons (Fsp3) is 0.533. The number of piperidine rings is 1. The number of carbonyl (C=O) groups is 1.